The van der Waals surface area contributed by atoms with Gasteiger partial charge in [-0.25, -0.2) is 0 Å². The smallest absolute Gasteiger partial charge is 0.339 e. The van der Waals surface area contributed by atoms with E-state index in [2.05, 4.69) is 4.98 Å². The lowest BCUT2D eigenvalue weighted by Crippen LogP contribution is -2.29. The van der Waals surface area contributed by atoms with Gasteiger partial charge in [-0.1, -0.05) is 0 Å². The first-order valence-electron chi connectivity index (χ1n) is 4.71. The molecule has 0 aromatic carbocycles. The fourth-order valence-corrected chi connectivity index (χ4v) is 1.37. The second-order valence-electron chi connectivity index (χ2n) is 3.35. The van der Waals surface area contributed by atoms with Crippen molar-refractivity contribution < 1.29 is 18.0 Å². The molecule has 0 saturated carbocycles. The van der Waals surface area contributed by atoms with Crippen LogP contribution in [0.1, 0.15) is 16.1 Å². The van der Waals surface area contributed by atoms with Gasteiger partial charge in [0.1, 0.15) is 5.69 Å². The van der Waals surface area contributed by atoms with E-state index in [4.69, 9.17) is 11.6 Å². The number of pyridine rings is 1. The highest BCUT2D eigenvalue weighted by Gasteiger charge is 2.31. The van der Waals surface area contributed by atoms with E-state index in [0.717, 1.165) is 12.1 Å². The molecule has 0 saturated heterocycles. The molecule has 0 atom stereocenters. The van der Waals surface area contributed by atoms with E-state index < -0.39 is 17.6 Å². The number of aromatic nitrogens is 1. The number of alkyl halides is 4. The summed E-state index contributed by atoms with van der Waals surface area (Å²) < 4.78 is 36.7. The summed E-state index contributed by atoms with van der Waals surface area (Å²) in [6, 6.07) is 1.88. The molecule has 94 valence electrons. The van der Waals surface area contributed by atoms with Gasteiger partial charge in [-0.3, -0.25) is 9.78 Å². The van der Waals surface area contributed by atoms with Crippen LogP contribution in [0.25, 0.3) is 0 Å². The Kier molecular flexibility index (Phi) is 4.34. The zero-order chi connectivity index (χ0) is 13.1. The van der Waals surface area contributed by atoms with E-state index in [0.29, 0.717) is 12.7 Å². The zero-order valence-corrected chi connectivity index (χ0v) is 9.72. The number of hydrogen-bond donors (Lipinski definition) is 0. The molecule has 0 aliphatic heterocycles. The summed E-state index contributed by atoms with van der Waals surface area (Å²) in [4.78, 5) is 16.4. The Morgan fingerprint density at radius 2 is 2.12 bits per heavy atom. The summed E-state index contributed by atoms with van der Waals surface area (Å²) in [6.45, 7) is 0.309. The van der Waals surface area contributed by atoms with Crippen LogP contribution in [0.3, 0.4) is 0 Å². The number of hydrogen-bond acceptors (Lipinski definition) is 2. The van der Waals surface area contributed by atoms with Gasteiger partial charge in [0.05, 0.1) is 5.56 Å². The fourth-order valence-electron chi connectivity index (χ4n) is 1.11. The second kappa shape index (κ2) is 5.35. The lowest BCUT2D eigenvalue weighted by molar-refractivity contribution is -0.137. The van der Waals surface area contributed by atoms with Crippen molar-refractivity contribution in [2.45, 2.75) is 6.18 Å². The average Bonchev–Trinajstić information content (AvgIpc) is 2.27. The van der Waals surface area contributed by atoms with Crippen molar-refractivity contribution in [2.75, 3.05) is 19.5 Å². The van der Waals surface area contributed by atoms with Crippen LogP contribution in [0.15, 0.2) is 18.3 Å². The highest BCUT2D eigenvalue weighted by molar-refractivity contribution is 6.18. The van der Waals surface area contributed by atoms with Crippen molar-refractivity contribution in [3.63, 3.8) is 0 Å². The van der Waals surface area contributed by atoms with E-state index >= 15 is 0 Å². The molecule has 0 radical (unpaired) electrons. The van der Waals surface area contributed by atoms with Gasteiger partial charge >= 0.3 is 6.18 Å². The Balaban J connectivity index is 2.84. The maximum absolute atomic E-state index is 12.2. The molecule has 17 heavy (non-hydrogen) atoms. The van der Waals surface area contributed by atoms with Crippen molar-refractivity contribution in [3.05, 3.63) is 29.6 Å². The summed E-state index contributed by atoms with van der Waals surface area (Å²) in [6.07, 6.45) is -3.81. The highest BCUT2D eigenvalue weighted by atomic mass is 35.5. The molecule has 0 N–H and O–H groups in total. The van der Waals surface area contributed by atoms with Gasteiger partial charge < -0.3 is 4.90 Å². The minimum Gasteiger partial charge on any atom is -0.339 e. The third-order valence-corrected chi connectivity index (χ3v) is 2.25. The summed E-state index contributed by atoms with van der Waals surface area (Å²) >= 11 is 5.45. The van der Waals surface area contributed by atoms with Crippen LogP contribution in [0.4, 0.5) is 13.2 Å². The van der Waals surface area contributed by atoms with Crippen molar-refractivity contribution in [1.29, 1.82) is 0 Å². The molecule has 0 spiro atoms. The van der Waals surface area contributed by atoms with Crippen molar-refractivity contribution >= 4 is 17.5 Å². The van der Waals surface area contributed by atoms with Gasteiger partial charge in [-0.15, -0.1) is 11.6 Å². The van der Waals surface area contributed by atoms with Crippen LogP contribution in [0, 0.1) is 0 Å². The van der Waals surface area contributed by atoms with E-state index in [9.17, 15) is 18.0 Å². The molecule has 0 aliphatic rings. The number of carbonyl (C=O) groups excluding carboxylic acids is 1. The molecule has 0 bridgehead atoms. The number of halogens is 4. The quantitative estimate of drug-likeness (QED) is 0.787. The van der Waals surface area contributed by atoms with E-state index in [1.54, 1.807) is 0 Å². The van der Waals surface area contributed by atoms with E-state index in [1.807, 2.05) is 0 Å². The Morgan fingerprint density at radius 3 is 2.53 bits per heavy atom. The molecule has 1 rings (SSSR count). The SMILES string of the molecule is CN(CCCl)C(=O)c1ccc(C(F)(F)F)cn1. The van der Waals surface area contributed by atoms with Crippen LogP contribution < -0.4 is 0 Å². The standard InChI is InChI=1S/C10H10ClF3N2O/c1-16(5-4-11)9(17)8-3-2-7(6-15-8)10(12,13)14/h2-3,6H,4-5H2,1H3. The fraction of sp³-hybridized carbons (Fsp3) is 0.400. The van der Waals surface area contributed by atoms with Gasteiger partial charge in [0.15, 0.2) is 0 Å². The molecule has 1 aromatic heterocycles. The van der Waals surface area contributed by atoms with Crippen LogP contribution in [-0.2, 0) is 6.18 Å². The van der Waals surface area contributed by atoms with Gasteiger partial charge in [-0.2, -0.15) is 13.2 Å². The van der Waals surface area contributed by atoms with Crippen LogP contribution in [-0.4, -0.2) is 35.3 Å². The summed E-state index contributed by atoms with van der Waals surface area (Å²) in [5.41, 5.74) is -0.917. The third-order valence-electron chi connectivity index (χ3n) is 2.08. The molecular weight excluding hydrogens is 257 g/mol. The number of nitrogens with zero attached hydrogens (tertiary/aromatic N) is 2. The highest BCUT2D eigenvalue weighted by Crippen LogP contribution is 2.28. The molecular formula is C10H10ClF3N2O. The summed E-state index contributed by atoms with van der Waals surface area (Å²) in [5.74, 6) is -0.206. The van der Waals surface area contributed by atoms with Gasteiger partial charge in [0, 0.05) is 25.7 Å². The Labute approximate surface area is 101 Å². The molecule has 1 aromatic rings. The largest absolute Gasteiger partial charge is 0.417 e. The second-order valence-corrected chi connectivity index (χ2v) is 3.72. The number of carbonyl (C=O) groups is 1. The normalized spacial score (nSPS) is 11.4. The summed E-state index contributed by atoms with van der Waals surface area (Å²) in [5, 5.41) is 0. The maximum atomic E-state index is 12.2. The summed E-state index contributed by atoms with van der Waals surface area (Å²) in [7, 11) is 1.50. The Hall–Kier alpha value is -1.30. The zero-order valence-electron chi connectivity index (χ0n) is 8.96. The van der Waals surface area contributed by atoms with Crippen LogP contribution in [0.2, 0.25) is 0 Å². The lowest BCUT2D eigenvalue weighted by atomic mass is 10.2. The topological polar surface area (TPSA) is 33.2 Å². The maximum Gasteiger partial charge on any atom is 0.417 e. The van der Waals surface area contributed by atoms with Crippen molar-refractivity contribution in [2.24, 2.45) is 0 Å². The lowest BCUT2D eigenvalue weighted by Gasteiger charge is -2.15. The monoisotopic (exact) mass is 266 g/mol. The first-order chi connectivity index (χ1) is 7.86. The van der Waals surface area contributed by atoms with Gasteiger partial charge in [0.2, 0.25) is 0 Å². The first-order valence-corrected chi connectivity index (χ1v) is 5.24. The molecule has 0 fully saturated rings. The number of rotatable bonds is 3. The molecule has 7 heteroatoms. The van der Waals surface area contributed by atoms with Gasteiger partial charge in [0.25, 0.3) is 5.91 Å². The predicted molar refractivity (Wildman–Crippen MR) is 56.9 cm³/mol. The van der Waals surface area contributed by atoms with E-state index in [1.165, 1.54) is 11.9 Å². The molecule has 1 heterocycles. The molecule has 1 amide bonds. The third kappa shape index (κ3) is 3.59. The van der Waals surface area contributed by atoms with Gasteiger partial charge in [-0.05, 0) is 12.1 Å². The molecule has 0 unspecified atom stereocenters. The average molecular weight is 267 g/mol. The van der Waals surface area contributed by atoms with E-state index in [-0.39, 0.29) is 11.6 Å². The Bertz CT molecular complexity index is 392. The van der Waals surface area contributed by atoms with Crippen molar-refractivity contribution in [3.8, 4) is 0 Å². The van der Waals surface area contributed by atoms with Crippen LogP contribution >= 0.6 is 11.6 Å². The predicted octanol–water partition coefficient (Wildman–Crippen LogP) is 2.41. The molecule has 3 nitrogen and oxygen atoms in total. The number of amides is 1. The molecule has 0 aliphatic carbocycles. The minimum absolute atomic E-state index is 0.0365. The minimum atomic E-state index is -4.45. The Morgan fingerprint density at radius 1 is 1.47 bits per heavy atom. The first kappa shape index (κ1) is 13.8. The van der Waals surface area contributed by atoms with Crippen LogP contribution in [0.5, 0.6) is 0 Å². The van der Waals surface area contributed by atoms with Crippen molar-refractivity contribution in [1.82, 2.24) is 9.88 Å².